The predicted octanol–water partition coefficient (Wildman–Crippen LogP) is 2.90. The van der Waals surface area contributed by atoms with Crippen LogP contribution in [0.2, 0.25) is 0 Å². The largest absolute Gasteiger partial charge is 0.417 e. The zero-order chi connectivity index (χ0) is 16.3. The molecule has 0 saturated carbocycles. The lowest BCUT2D eigenvalue weighted by Crippen LogP contribution is -2.41. The minimum atomic E-state index is -4.64. The van der Waals surface area contributed by atoms with Crippen LogP contribution in [0.4, 0.5) is 18.9 Å². The van der Waals surface area contributed by atoms with Gasteiger partial charge in [-0.1, -0.05) is 0 Å². The Bertz CT molecular complexity index is 568. The summed E-state index contributed by atoms with van der Waals surface area (Å²) in [6.07, 6.45) is -4.64. The van der Waals surface area contributed by atoms with E-state index >= 15 is 0 Å². The Hall–Kier alpha value is -2.07. The average molecular weight is 299 g/mol. The molecular formula is C14H16F3N3O. The number of benzene rings is 1. The number of nitrogens with zero attached hydrogens (tertiary/aromatic N) is 1. The van der Waals surface area contributed by atoms with Gasteiger partial charge in [-0.05, 0) is 39.0 Å². The van der Waals surface area contributed by atoms with Gasteiger partial charge >= 0.3 is 6.18 Å². The van der Waals surface area contributed by atoms with Crippen LogP contribution in [-0.4, -0.2) is 18.0 Å². The minimum Gasteiger partial charge on any atom is -0.325 e. The summed E-state index contributed by atoms with van der Waals surface area (Å²) in [5, 5.41) is 14.0. The molecule has 7 heteroatoms. The van der Waals surface area contributed by atoms with Crippen molar-refractivity contribution in [2.45, 2.75) is 32.5 Å². The lowest BCUT2D eigenvalue weighted by atomic mass is 10.1. The van der Waals surface area contributed by atoms with E-state index in [2.05, 4.69) is 10.6 Å². The summed E-state index contributed by atoms with van der Waals surface area (Å²) in [6.45, 7) is 5.57. The van der Waals surface area contributed by atoms with Crippen LogP contribution in [0.1, 0.15) is 31.9 Å². The van der Waals surface area contributed by atoms with E-state index in [1.54, 1.807) is 0 Å². The van der Waals surface area contributed by atoms with Gasteiger partial charge in [-0.15, -0.1) is 0 Å². The van der Waals surface area contributed by atoms with Crippen molar-refractivity contribution in [1.29, 1.82) is 5.26 Å². The van der Waals surface area contributed by atoms with Crippen LogP contribution in [0.15, 0.2) is 18.2 Å². The summed E-state index contributed by atoms with van der Waals surface area (Å²) >= 11 is 0. The SMILES string of the molecule is CC(C)(C)NCC(=O)Nc1ccc(C#N)c(C(F)(F)F)c1. The number of alkyl halides is 3. The Labute approximate surface area is 121 Å². The molecule has 0 aliphatic rings. The lowest BCUT2D eigenvalue weighted by Gasteiger charge is -2.20. The van der Waals surface area contributed by atoms with Gasteiger partial charge in [-0.25, -0.2) is 0 Å². The predicted molar refractivity (Wildman–Crippen MR) is 72.5 cm³/mol. The van der Waals surface area contributed by atoms with Crippen molar-refractivity contribution >= 4 is 11.6 Å². The van der Waals surface area contributed by atoms with Crippen LogP contribution >= 0.6 is 0 Å². The summed E-state index contributed by atoms with van der Waals surface area (Å²) in [4.78, 5) is 11.7. The van der Waals surface area contributed by atoms with Crippen molar-refractivity contribution in [1.82, 2.24) is 5.32 Å². The average Bonchev–Trinajstić information content (AvgIpc) is 2.34. The lowest BCUT2D eigenvalue weighted by molar-refractivity contribution is -0.137. The highest BCUT2D eigenvalue weighted by molar-refractivity contribution is 5.92. The summed E-state index contributed by atoms with van der Waals surface area (Å²) in [7, 11) is 0. The first-order chi connectivity index (χ1) is 9.53. The van der Waals surface area contributed by atoms with Gasteiger partial charge in [0.15, 0.2) is 0 Å². The molecule has 0 aliphatic carbocycles. The van der Waals surface area contributed by atoms with Gasteiger partial charge in [0.1, 0.15) is 0 Å². The summed E-state index contributed by atoms with van der Waals surface area (Å²) in [5.41, 5.74) is -1.82. The summed E-state index contributed by atoms with van der Waals surface area (Å²) in [5.74, 6) is -0.456. The maximum atomic E-state index is 12.8. The quantitative estimate of drug-likeness (QED) is 0.902. The Kier molecular flexibility index (Phi) is 4.97. The normalized spacial score (nSPS) is 11.9. The number of carbonyl (C=O) groups excluding carboxylic acids is 1. The van der Waals surface area contributed by atoms with E-state index in [1.165, 1.54) is 12.1 Å². The molecule has 21 heavy (non-hydrogen) atoms. The summed E-state index contributed by atoms with van der Waals surface area (Å²) < 4.78 is 38.3. The zero-order valence-electron chi connectivity index (χ0n) is 11.9. The molecule has 0 aromatic heterocycles. The molecule has 1 amide bonds. The van der Waals surface area contributed by atoms with Crippen molar-refractivity contribution in [2.75, 3.05) is 11.9 Å². The summed E-state index contributed by atoms with van der Waals surface area (Å²) in [6, 6.07) is 4.54. The van der Waals surface area contributed by atoms with Crippen molar-refractivity contribution in [2.24, 2.45) is 0 Å². The van der Waals surface area contributed by atoms with E-state index in [1.807, 2.05) is 20.8 Å². The first kappa shape index (κ1) is 17.0. The van der Waals surface area contributed by atoms with Crippen LogP contribution in [0.5, 0.6) is 0 Å². The highest BCUT2D eigenvalue weighted by Gasteiger charge is 2.33. The van der Waals surface area contributed by atoms with Crippen LogP contribution in [0, 0.1) is 11.3 Å². The van der Waals surface area contributed by atoms with E-state index in [-0.39, 0.29) is 17.8 Å². The second-order valence-electron chi connectivity index (χ2n) is 5.52. The van der Waals surface area contributed by atoms with E-state index in [0.717, 1.165) is 12.1 Å². The maximum Gasteiger partial charge on any atom is 0.417 e. The molecule has 0 fully saturated rings. The van der Waals surface area contributed by atoms with Crippen LogP contribution < -0.4 is 10.6 Å². The van der Waals surface area contributed by atoms with Gasteiger partial charge in [-0.2, -0.15) is 18.4 Å². The number of nitrogens with one attached hydrogen (secondary N) is 2. The molecule has 0 radical (unpaired) electrons. The van der Waals surface area contributed by atoms with Gasteiger partial charge in [0.2, 0.25) is 5.91 Å². The Morgan fingerprint density at radius 3 is 2.38 bits per heavy atom. The van der Waals surface area contributed by atoms with Crippen molar-refractivity contribution < 1.29 is 18.0 Å². The van der Waals surface area contributed by atoms with E-state index < -0.39 is 23.2 Å². The van der Waals surface area contributed by atoms with Crippen LogP contribution in [-0.2, 0) is 11.0 Å². The fourth-order valence-electron chi connectivity index (χ4n) is 1.50. The molecule has 2 N–H and O–H groups in total. The van der Waals surface area contributed by atoms with Crippen LogP contribution in [0.3, 0.4) is 0 Å². The molecular weight excluding hydrogens is 283 g/mol. The second kappa shape index (κ2) is 6.14. The molecule has 4 nitrogen and oxygen atoms in total. The monoisotopic (exact) mass is 299 g/mol. The molecule has 0 bridgehead atoms. The maximum absolute atomic E-state index is 12.8. The Morgan fingerprint density at radius 2 is 1.90 bits per heavy atom. The molecule has 0 aliphatic heterocycles. The topological polar surface area (TPSA) is 64.9 Å². The number of carbonyl (C=O) groups is 1. The van der Waals surface area contributed by atoms with E-state index in [4.69, 9.17) is 5.26 Å². The minimum absolute atomic E-state index is 0.00188. The fourth-order valence-corrected chi connectivity index (χ4v) is 1.50. The molecule has 1 aromatic carbocycles. The Morgan fingerprint density at radius 1 is 1.29 bits per heavy atom. The van der Waals surface area contributed by atoms with Gasteiger partial charge in [0.05, 0.1) is 23.7 Å². The molecule has 0 saturated heterocycles. The fraction of sp³-hybridized carbons (Fsp3) is 0.429. The van der Waals surface area contributed by atoms with Gasteiger partial charge < -0.3 is 10.6 Å². The van der Waals surface area contributed by atoms with Crippen LogP contribution in [0.25, 0.3) is 0 Å². The Balaban J connectivity index is 2.87. The number of hydrogen-bond donors (Lipinski definition) is 2. The zero-order valence-corrected chi connectivity index (χ0v) is 11.9. The standard InChI is InChI=1S/C14H16F3N3O/c1-13(2,3)19-8-12(21)20-10-5-4-9(7-18)11(6-10)14(15,16)17/h4-6,19H,8H2,1-3H3,(H,20,21). The third kappa shape index (κ3) is 5.44. The molecule has 1 aromatic rings. The molecule has 0 heterocycles. The molecule has 0 unspecified atom stereocenters. The van der Waals surface area contributed by atoms with Gasteiger partial charge in [0, 0.05) is 11.2 Å². The van der Waals surface area contributed by atoms with Crippen molar-refractivity contribution in [3.8, 4) is 6.07 Å². The molecule has 114 valence electrons. The number of rotatable bonds is 3. The van der Waals surface area contributed by atoms with Gasteiger partial charge in [0.25, 0.3) is 0 Å². The first-order valence-corrected chi connectivity index (χ1v) is 6.19. The second-order valence-corrected chi connectivity index (χ2v) is 5.52. The van der Waals surface area contributed by atoms with Crippen molar-refractivity contribution in [3.05, 3.63) is 29.3 Å². The third-order valence-corrected chi connectivity index (χ3v) is 2.51. The highest BCUT2D eigenvalue weighted by atomic mass is 19.4. The molecule has 0 spiro atoms. The van der Waals surface area contributed by atoms with Gasteiger partial charge in [-0.3, -0.25) is 4.79 Å². The van der Waals surface area contributed by atoms with Crippen molar-refractivity contribution in [3.63, 3.8) is 0 Å². The first-order valence-electron chi connectivity index (χ1n) is 6.19. The molecule has 1 rings (SSSR count). The number of halogens is 3. The number of amides is 1. The number of hydrogen-bond acceptors (Lipinski definition) is 3. The van der Waals surface area contributed by atoms with E-state index in [9.17, 15) is 18.0 Å². The molecule has 0 atom stereocenters. The third-order valence-electron chi connectivity index (χ3n) is 2.51. The smallest absolute Gasteiger partial charge is 0.325 e. The highest BCUT2D eigenvalue weighted by Crippen LogP contribution is 2.33. The number of nitriles is 1. The van der Waals surface area contributed by atoms with E-state index in [0.29, 0.717) is 0 Å². The number of anilines is 1.